The van der Waals surface area contributed by atoms with Crippen LogP contribution < -0.4 is 5.32 Å². The molecule has 2 nitrogen and oxygen atoms in total. The molecule has 0 fully saturated rings. The molecule has 1 atom stereocenters. The number of aliphatic imine (C=N–C) groups is 1. The highest BCUT2D eigenvalue weighted by Crippen LogP contribution is 2.20. The molecule has 1 unspecified atom stereocenters. The Morgan fingerprint density at radius 3 is 2.14 bits per heavy atom. The van der Waals surface area contributed by atoms with Crippen molar-refractivity contribution in [2.24, 2.45) is 4.99 Å². The molecule has 0 saturated heterocycles. The average Bonchev–Trinajstić information content (AvgIpc) is 3.09. The van der Waals surface area contributed by atoms with Crippen LogP contribution in [0.5, 0.6) is 0 Å². The molecule has 1 aliphatic rings. The summed E-state index contributed by atoms with van der Waals surface area (Å²) >= 11 is 0. The summed E-state index contributed by atoms with van der Waals surface area (Å²) in [6.07, 6.45) is 0. The lowest BCUT2D eigenvalue weighted by Gasteiger charge is -2.12. The second kappa shape index (κ2) is 9.72. The van der Waals surface area contributed by atoms with Gasteiger partial charge in [0.2, 0.25) is 0 Å². The Bertz CT molecular complexity index is 579. The summed E-state index contributed by atoms with van der Waals surface area (Å²) in [4.78, 5) is 4.39. The molecule has 0 amide bonds. The molecule has 2 aromatic carbocycles. The second-order valence-electron chi connectivity index (χ2n) is 4.28. The predicted octanol–water partition coefficient (Wildman–Crippen LogP) is 4.97. The van der Waals surface area contributed by atoms with Gasteiger partial charge in [0.25, 0.3) is 0 Å². The van der Waals surface area contributed by atoms with E-state index < -0.39 is 0 Å². The molecule has 0 spiro atoms. The minimum atomic E-state index is -0.238. The van der Waals surface area contributed by atoms with Gasteiger partial charge < -0.3 is 5.32 Å². The third kappa shape index (κ3) is 4.42. The molecule has 1 N–H and O–H groups in total. The average molecular weight is 300 g/mol. The van der Waals surface area contributed by atoms with Crippen LogP contribution in [-0.4, -0.2) is 12.4 Å². The van der Waals surface area contributed by atoms with Gasteiger partial charge in [0.15, 0.2) is 0 Å². The van der Waals surface area contributed by atoms with Crippen LogP contribution in [-0.2, 0) is 0 Å². The first-order valence-electron chi connectivity index (χ1n) is 7.95. The van der Waals surface area contributed by atoms with Crippen molar-refractivity contribution >= 4 is 5.84 Å². The van der Waals surface area contributed by atoms with E-state index in [0.717, 1.165) is 0 Å². The molecule has 118 valence electrons. The quantitative estimate of drug-likeness (QED) is 0.832. The summed E-state index contributed by atoms with van der Waals surface area (Å²) in [7, 11) is 0. The lowest BCUT2D eigenvalue weighted by Crippen LogP contribution is -2.24. The van der Waals surface area contributed by atoms with E-state index in [1.807, 2.05) is 52.0 Å². The van der Waals surface area contributed by atoms with Crippen molar-refractivity contribution < 1.29 is 4.39 Å². The zero-order valence-corrected chi connectivity index (χ0v) is 13.8. The Morgan fingerprint density at radius 2 is 1.50 bits per heavy atom. The maximum absolute atomic E-state index is 13.7. The highest BCUT2D eigenvalue weighted by molar-refractivity contribution is 6.00. The Morgan fingerprint density at radius 1 is 0.909 bits per heavy atom. The van der Waals surface area contributed by atoms with Gasteiger partial charge in [0.1, 0.15) is 11.7 Å². The fraction of sp³-hybridized carbons (Fsp3) is 0.316. The highest BCUT2D eigenvalue weighted by Gasteiger charge is 2.21. The van der Waals surface area contributed by atoms with Crippen molar-refractivity contribution in [2.45, 2.75) is 33.7 Å². The van der Waals surface area contributed by atoms with Gasteiger partial charge in [0, 0.05) is 0 Å². The van der Waals surface area contributed by atoms with Crippen LogP contribution in [0.3, 0.4) is 0 Å². The minimum Gasteiger partial charge on any atom is -0.361 e. The van der Waals surface area contributed by atoms with Gasteiger partial charge >= 0.3 is 0 Å². The number of hydrogen-bond acceptors (Lipinski definition) is 2. The maximum Gasteiger partial charge on any atom is 0.134 e. The molecule has 2 aromatic rings. The Labute approximate surface area is 133 Å². The summed E-state index contributed by atoms with van der Waals surface area (Å²) in [6.45, 7) is 8.65. The van der Waals surface area contributed by atoms with E-state index >= 15 is 0 Å². The van der Waals surface area contributed by atoms with Crippen molar-refractivity contribution in [1.29, 1.82) is 0 Å². The van der Waals surface area contributed by atoms with Gasteiger partial charge in [-0.3, -0.25) is 4.99 Å². The van der Waals surface area contributed by atoms with Crippen LogP contribution in [0.25, 0.3) is 0 Å². The molecule has 0 bridgehead atoms. The van der Waals surface area contributed by atoms with E-state index in [1.54, 1.807) is 12.1 Å². The Kier molecular flexibility index (Phi) is 7.90. The first-order chi connectivity index (χ1) is 10.8. The third-order valence-corrected chi connectivity index (χ3v) is 3.07. The van der Waals surface area contributed by atoms with Crippen molar-refractivity contribution in [1.82, 2.24) is 5.32 Å². The van der Waals surface area contributed by atoms with Crippen LogP contribution in [0.15, 0.2) is 59.6 Å². The fourth-order valence-electron chi connectivity index (χ4n) is 2.13. The normalized spacial score (nSPS) is 15.5. The lowest BCUT2D eigenvalue weighted by atomic mass is 10.1. The van der Waals surface area contributed by atoms with Gasteiger partial charge in [-0.25, -0.2) is 4.39 Å². The molecular formula is C19H25FN2. The maximum atomic E-state index is 13.7. The van der Waals surface area contributed by atoms with E-state index in [0.29, 0.717) is 17.9 Å². The highest BCUT2D eigenvalue weighted by atomic mass is 19.1. The zero-order chi connectivity index (χ0) is 16.4. The summed E-state index contributed by atoms with van der Waals surface area (Å²) < 4.78 is 13.7. The van der Waals surface area contributed by atoms with Gasteiger partial charge in [-0.05, 0) is 17.7 Å². The summed E-state index contributed by atoms with van der Waals surface area (Å²) in [5.74, 6) is 0.402. The molecule has 3 heteroatoms. The second-order valence-corrected chi connectivity index (χ2v) is 4.28. The van der Waals surface area contributed by atoms with E-state index in [1.165, 1.54) is 11.6 Å². The number of hydrogen-bond donors (Lipinski definition) is 1. The van der Waals surface area contributed by atoms with E-state index in [-0.39, 0.29) is 11.9 Å². The van der Waals surface area contributed by atoms with Crippen LogP contribution in [0.4, 0.5) is 4.39 Å². The number of rotatable bonds is 2. The summed E-state index contributed by atoms with van der Waals surface area (Å²) in [5.41, 5.74) is 1.71. The van der Waals surface area contributed by atoms with Crippen molar-refractivity contribution in [2.75, 3.05) is 6.54 Å². The van der Waals surface area contributed by atoms with Gasteiger partial charge in [-0.2, -0.15) is 0 Å². The third-order valence-electron chi connectivity index (χ3n) is 3.07. The number of halogens is 1. The molecule has 3 rings (SSSR count). The SMILES string of the molecule is CC.CC.Fc1ccccc1C1=NCC(c2ccccc2)N1. The van der Waals surface area contributed by atoms with Crippen molar-refractivity contribution in [3.8, 4) is 0 Å². The van der Waals surface area contributed by atoms with Crippen molar-refractivity contribution in [3.05, 3.63) is 71.5 Å². The Balaban J connectivity index is 0.000000561. The number of nitrogens with zero attached hydrogens (tertiary/aromatic N) is 1. The van der Waals surface area contributed by atoms with E-state index in [2.05, 4.69) is 22.4 Å². The molecule has 22 heavy (non-hydrogen) atoms. The molecular weight excluding hydrogens is 275 g/mol. The fourth-order valence-corrected chi connectivity index (χ4v) is 2.13. The van der Waals surface area contributed by atoms with Crippen LogP contribution in [0.1, 0.15) is 44.9 Å². The minimum absolute atomic E-state index is 0.140. The number of nitrogens with one attached hydrogen (secondary N) is 1. The van der Waals surface area contributed by atoms with E-state index in [9.17, 15) is 4.39 Å². The number of benzene rings is 2. The largest absolute Gasteiger partial charge is 0.361 e. The molecule has 1 heterocycles. The zero-order valence-electron chi connectivity index (χ0n) is 13.8. The molecule has 0 aliphatic carbocycles. The predicted molar refractivity (Wildman–Crippen MR) is 92.8 cm³/mol. The molecule has 0 radical (unpaired) electrons. The first-order valence-corrected chi connectivity index (χ1v) is 7.95. The summed E-state index contributed by atoms with van der Waals surface area (Å²) in [6, 6.07) is 16.9. The number of amidine groups is 1. The molecule has 1 aliphatic heterocycles. The Hall–Kier alpha value is -2.16. The van der Waals surface area contributed by atoms with Crippen LogP contribution in [0, 0.1) is 5.82 Å². The monoisotopic (exact) mass is 300 g/mol. The van der Waals surface area contributed by atoms with Gasteiger partial charge in [-0.1, -0.05) is 70.2 Å². The van der Waals surface area contributed by atoms with Gasteiger partial charge in [0.05, 0.1) is 18.2 Å². The lowest BCUT2D eigenvalue weighted by molar-refractivity contribution is 0.623. The van der Waals surface area contributed by atoms with Gasteiger partial charge in [-0.15, -0.1) is 0 Å². The van der Waals surface area contributed by atoms with E-state index in [4.69, 9.17) is 0 Å². The first kappa shape index (κ1) is 17.9. The molecule has 0 saturated carbocycles. The van der Waals surface area contributed by atoms with Crippen molar-refractivity contribution in [3.63, 3.8) is 0 Å². The standard InChI is InChI=1S/C15H13FN2.2C2H6/c16-13-9-5-4-8-12(13)15-17-10-14(18-15)11-6-2-1-3-7-11;2*1-2/h1-9,14H,10H2,(H,17,18);2*1-2H3. The topological polar surface area (TPSA) is 24.4 Å². The van der Waals surface area contributed by atoms with Crippen LogP contribution in [0.2, 0.25) is 0 Å². The summed E-state index contributed by atoms with van der Waals surface area (Å²) in [5, 5.41) is 3.27. The smallest absolute Gasteiger partial charge is 0.134 e. The molecule has 0 aromatic heterocycles. The van der Waals surface area contributed by atoms with Crippen LogP contribution >= 0.6 is 0 Å².